The first-order valence-electron chi connectivity index (χ1n) is 5.10. The van der Waals surface area contributed by atoms with Crippen LogP contribution in [0.15, 0.2) is 0 Å². The van der Waals surface area contributed by atoms with Gasteiger partial charge in [0.05, 0.1) is 6.61 Å². The maximum absolute atomic E-state index is 13.2. The first-order chi connectivity index (χ1) is 6.79. The maximum atomic E-state index is 13.2. The Labute approximate surface area is 89.0 Å². The number of rotatable bonds is 6. The van der Waals surface area contributed by atoms with E-state index in [4.69, 9.17) is 5.73 Å². The first kappa shape index (κ1) is 14.3. The van der Waals surface area contributed by atoms with Gasteiger partial charge in [0.15, 0.2) is 0 Å². The normalized spacial score (nSPS) is 14.1. The van der Waals surface area contributed by atoms with Gasteiger partial charge >= 0.3 is 11.9 Å². The molecule has 90 valence electrons. The van der Waals surface area contributed by atoms with Gasteiger partial charge in [-0.2, -0.15) is 8.78 Å². The zero-order valence-corrected chi connectivity index (χ0v) is 9.43. The number of hydrogen-bond donors (Lipinski definition) is 1. The van der Waals surface area contributed by atoms with E-state index in [0.717, 1.165) is 0 Å². The number of hydrogen-bond acceptors (Lipinski definition) is 3. The minimum atomic E-state index is -3.47. The van der Waals surface area contributed by atoms with E-state index in [-0.39, 0.29) is 12.5 Å². The topological polar surface area (TPSA) is 52.3 Å². The number of esters is 1. The molecular weight excluding hydrogens is 204 g/mol. The van der Waals surface area contributed by atoms with Crippen LogP contribution >= 0.6 is 0 Å². The summed E-state index contributed by atoms with van der Waals surface area (Å²) in [4.78, 5) is 10.9. The van der Waals surface area contributed by atoms with E-state index in [9.17, 15) is 13.6 Å². The second-order valence-electron chi connectivity index (χ2n) is 4.02. The van der Waals surface area contributed by atoms with Gasteiger partial charge in [-0.3, -0.25) is 0 Å². The van der Waals surface area contributed by atoms with Crippen LogP contribution in [-0.2, 0) is 9.53 Å². The Hall–Kier alpha value is -0.710. The third-order valence-electron chi connectivity index (χ3n) is 1.87. The number of carbonyl (C=O) groups excluding carboxylic acids is 1. The highest BCUT2D eigenvalue weighted by Crippen LogP contribution is 2.23. The Morgan fingerprint density at radius 3 is 2.40 bits per heavy atom. The lowest BCUT2D eigenvalue weighted by atomic mass is 9.99. The summed E-state index contributed by atoms with van der Waals surface area (Å²) in [5, 5.41) is 0. The number of halogens is 2. The van der Waals surface area contributed by atoms with E-state index in [1.165, 1.54) is 6.92 Å². The van der Waals surface area contributed by atoms with Gasteiger partial charge in [0.2, 0.25) is 0 Å². The fourth-order valence-electron chi connectivity index (χ4n) is 1.34. The average molecular weight is 223 g/mol. The van der Waals surface area contributed by atoms with Crippen LogP contribution in [0.25, 0.3) is 0 Å². The molecule has 0 fully saturated rings. The number of carbonyl (C=O) groups is 1. The lowest BCUT2D eigenvalue weighted by molar-refractivity contribution is -0.173. The zero-order valence-electron chi connectivity index (χ0n) is 9.43. The van der Waals surface area contributed by atoms with Gasteiger partial charge in [-0.25, -0.2) is 4.79 Å². The third-order valence-corrected chi connectivity index (χ3v) is 1.87. The SMILES string of the molecule is CCOC(=O)C(F)(F)CC(N)CC(C)C. The van der Waals surface area contributed by atoms with Crippen molar-refractivity contribution in [3.05, 3.63) is 0 Å². The molecule has 0 saturated heterocycles. The lowest BCUT2D eigenvalue weighted by Gasteiger charge is -2.20. The molecule has 1 atom stereocenters. The summed E-state index contributed by atoms with van der Waals surface area (Å²) in [5.74, 6) is -4.72. The molecule has 0 spiro atoms. The fraction of sp³-hybridized carbons (Fsp3) is 0.900. The van der Waals surface area contributed by atoms with Crippen LogP contribution in [-0.4, -0.2) is 24.5 Å². The molecule has 0 aliphatic rings. The van der Waals surface area contributed by atoms with Crippen LogP contribution in [0.2, 0.25) is 0 Å². The lowest BCUT2D eigenvalue weighted by Crippen LogP contribution is -2.38. The summed E-state index contributed by atoms with van der Waals surface area (Å²) >= 11 is 0. The summed E-state index contributed by atoms with van der Waals surface area (Å²) in [6, 6.07) is -0.676. The Morgan fingerprint density at radius 2 is 2.00 bits per heavy atom. The van der Waals surface area contributed by atoms with Crippen LogP contribution in [0.5, 0.6) is 0 Å². The van der Waals surface area contributed by atoms with E-state index in [1.807, 2.05) is 13.8 Å². The summed E-state index contributed by atoms with van der Waals surface area (Å²) in [6.45, 7) is 5.22. The van der Waals surface area contributed by atoms with Crippen molar-refractivity contribution in [3.8, 4) is 0 Å². The molecule has 0 radical (unpaired) electrons. The highest BCUT2D eigenvalue weighted by molar-refractivity contribution is 5.77. The van der Waals surface area contributed by atoms with E-state index in [0.29, 0.717) is 6.42 Å². The summed E-state index contributed by atoms with van der Waals surface area (Å²) in [7, 11) is 0. The summed E-state index contributed by atoms with van der Waals surface area (Å²) < 4.78 is 30.6. The Bertz CT molecular complexity index is 208. The Balaban J connectivity index is 4.17. The van der Waals surface area contributed by atoms with Gasteiger partial charge in [0.25, 0.3) is 0 Å². The smallest absolute Gasteiger partial charge is 0.377 e. The van der Waals surface area contributed by atoms with E-state index in [1.54, 1.807) is 0 Å². The van der Waals surface area contributed by atoms with Crippen LogP contribution < -0.4 is 5.73 Å². The van der Waals surface area contributed by atoms with Crippen LogP contribution in [0.4, 0.5) is 8.78 Å². The number of alkyl halides is 2. The van der Waals surface area contributed by atoms with Crippen molar-refractivity contribution in [2.45, 2.75) is 45.6 Å². The largest absolute Gasteiger partial charge is 0.462 e. The van der Waals surface area contributed by atoms with Crippen LogP contribution in [0.3, 0.4) is 0 Å². The molecule has 0 saturated carbocycles. The minimum absolute atomic E-state index is 0.0478. The van der Waals surface area contributed by atoms with Crippen molar-refractivity contribution < 1.29 is 18.3 Å². The average Bonchev–Trinajstić information content (AvgIpc) is 2.01. The van der Waals surface area contributed by atoms with E-state index >= 15 is 0 Å². The molecule has 0 amide bonds. The van der Waals surface area contributed by atoms with Crippen molar-refractivity contribution in [3.63, 3.8) is 0 Å². The first-order valence-corrected chi connectivity index (χ1v) is 5.10. The van der Waals surface area contributed by atoms with Crippen molar-refractivity contribution in [1.82, 2.24) is 0 Å². The molecule has 0 aliphatic heterocycles. The van der Waals surface area contributed by atoms with E-state index in [2.05, 4.69) is 4.74 Å². The molecule has 0 aromatic rings. The second-order valence-corrected chi connectivity index (χ2v) is 4.02. The number of ether oxygens (including phenoxy) is 1. The predicted octanol–water partition coefficient (Wildman–Crippen LogP) is 1.95. The molecule has 0 rings (SSSR count). The highest BCUT2D eigenvalue weighted by Gasteiger charge is 2.41. The minimum Gasteiger partial charge on any atom is -0.462 e. The molecule has 0 aromatic carbocycles. The maximum Gasteiger partial charge on any atom is 0.377 e. The molecular formula is C10H19F2NO2. The zero-order chi connectivity index (χ0) is 12.1. The quantitative estimate of drug-likeness (QED) is 0.700. The van der Waals surface area contributed by atoms with Gasteiger partial charge in [0, 0.05) is 12.5 Å². The monoisotopic (exact) mass is 223 g/mol. The fourth-order valence-corrected chi connectivity index (χ4v) is 1.34. The molecule has 5 heteroatoms. The molecule has 2 N–H and O–H groups in total. The summed E-state index contributed by atoms with van der Waals surface area (Å²) in [5.41, 5.74) is 5.51. The second kappa shape index (κ2) is 6.00. The van der Waals surface area contributed by atoms with Crippen molar-refractivity contribution in [2.24, 2.45) is 11.7 Å². The molecule has 1 unspecified atom stereocenters. The Kier molecular flexibility index (Phi) is 5.72. The van der Waals surface area contributed by atoms with Gasteiger partial charge in [0.1, 0.15) is 0 Å². The molecule has 15 heavy (non-hydrogen) atoms. The van der Waals surface area contributed by atoms with Gasteiger partial charge in [-0.15, -0.1) is 0 Å². The van der Waals surface area contributed by atoms with Crippen molar-refractivity contribution in [1.29, 1.82) is 0 Å². The van der Waals surface area contributed by atoms with Gasteiger partial charge in [-0.05, 0) is 19.3 Å². The third kappa shape index (κ3) is 5.67. The highest BCUT2D eigenvalue weighted by atomic mass is 19.3. The van der Waals surface area contributed by atoms with Crippen molar-refractivity contribution >= 4 is 5.97 Å². The number of nitrogens with two attached hydrogens (primary N) is 1. The van der Waals surface area contributed by atoms with Crippen LogP contribution in [0, 0.1) is 5.92 Å². The standard InChI is InChI=1S/C10H19F2NO2/c1-4-15-9(14)10(11,12)6-8(13)5-7(2)3/h7-8H,4-6,13H2,1-3H3. The molecule has 0 aliphatic carbocycles. The molecule has 3 nitrogen and oxygen atoms in total. The molecule has 0 bridgehead atoms. The van der Waals surface area contributed by atoms with Crippen molar-refractivity contribution in [2.75, 3.05) is 6.61 Å². The predicted molar refractivity (Wildman–Crippen MR) is 53.6 cm³/mol. The van der Waals surface area contributed by atoms with Crippen LogP contribution in [0.1, 0.15) is 33.6 Å². The van der Waals surface area contributed by atoms with E-state index < -0.39 is 24.4 Å². The van der Waals surface area contributed by atoms with Gasteiger partial charge in [-0.1, -0.05) is 13.8 Å². The van der Waals surface area contributed by atoms with Gasteiger partial charge < -0.3 is 10.5 Å². The molecule has 0 heterocycles. The molecule has 0 aromatic heterocycles. The summed E-state index contributed by atoms with van der Waals surface area (Å²) in [6.07, 6.45) is -0.182. The Morgan fingerprint density at radius 1 is 1.47 bits per heavy atom.